The summed E-state index contributed by atoms with van der Waals surface area (Å²) < 4.78 is 40.9. The highest BCUT2D eigenvalue weighted by molar-refractivity contribution is 5.80. The third kappa shape index (κ3) is 1.26. The van der Waals surface area contributed by atoms with Gasteiger partial charge in [0.05, 0.1) is 5.39 Å². The summed E-state index contributed by atoms with van der Waals surface area (Å²) in [7, 11) is 0. The van der Waals surface area contributed by atoms with E-state index in [9.17, 15) is 13.2 Å². The van der Waals surface area contributed by atoms with E-state index in [0.29, 0.717) is 0 Å². The van der Waals surface area contributed by atoms with Crippen LogP contribution >= 0.6 is 0 Å². The Morgan fingerprint density at radius 2 is 1.85 bits per heavy atom. The van der Waals surface area contributed by atoms with Crippen molar-refractivity contribution in [2.75, 3.05) is 0 Å². The maximum atomic E-state index is 12.2. The molecule has 0 bridgehead atoms. The predicted molar refractivity (Wildman–Crippen MR) is 39.0 cm³/mol. The predicted octanol–water partition coefficient (Wildman–Crippen LogP) is 2.85. The number of rotatable bonds is 0. The van der Waals surface area contributed by atoms with Crippen LogP contribution < -0.4 is 0 Å². The van der Waals surface area contributed by atoms with Crippen LogP contribution in [0.1, 0.15) is 5.76 Å². The third-order valence-electron chi connectivity index (χ3n) is 1.64. The normalized spacial score (nSPS) is 12.2. The van der Waals surface area contributed by atoms with E-state index in [2.05, 4.69) is 9.68 Å². The molecule has 0 aliphatic rings. The molecular formula is C8H4F3NO. The number of hydrogen-bond donors (Lipinski definition) is 0. The zero-order valence-electron chi connectivity index (χ0n) is 6.30. The van der Waals surface area contributed by atoms with Gasteiger partial charge in [0, 0.05) is 0 Å². The lowest BCUT2D eigenvalue weighted by molar-refractivity contribution is -0.154. The molecule has 2 rings (SSSR count). The zero-order valence-corrected chi connectivity index (χ0v) is 6.30. The minimum Gasteiger partial charge on any atom is -0.350 e. The molecule has 0 spiro atoms. The molecule has 13 heavy (non-hydrogen) atoms. The van der Waals surface area contributed by atoms with E-state index in [-0.39, 0.29) is 10.9 Å². The average Bonchev–Trinajstić information content (AvgIpc) is 2.45. The fraction of sp³-hybridized carbons (Fsp3) is 0.125. The van der Waals surface area contributed by atoms with E-state index >= 15 is 0 Å². The fourth-order valence-corrected chi connectivity index (χ4v) is 1.09. The van der Waals surface area contributed by atoms with Gasteiger partial charge in [0.15, 0.2) is 0 Å². The smallest absolute Gasteiger partial charge is 0.350 e. The molecule has 0 N–H and O–H groups in total. The second-order valence-corrected chi connectivity index (χ2v) is 2.53. The van der Waals surface area contributed by atoms with Gasteiger partial charge in [0.1, 0.15) is 5.52 Å². The maximum Gasteiger partial charge on any atom is 0.453 e. The summed E-state index contributed by atoms with van der Waals surface area (Å²) >= 11 is 0. The topological polar surface area (TPSA) is 26.0 Å². The molecule has 0 amide bonds. The monoisotopic (exact) mass is 187 g/mol. The Bertz CT molecular complexity index is 432. The number of aromatic nitrogens is 1. The van der Waals surface area contributed by atoms with Crippen molar-refractivity contribution in [1.82, 2.24) is 5.16 Å². The summed E-state index contributed by atoms with van der Waals surface area (Å²) in [5.74, 6) is -1.04. The minimum absolute atomic E-state index is 0.00463. The van der Waals surface area contributed by atoms with Crippen molar-refractivity contribution in [3.8, 4) is 0 Å². The van der Waals surface area contributed by atoms with Crippen molar-refractivity contribution in [2.45, 2.75) is 6.18 Å². The third-order valence-corrected chi connectivity index (χ3v) is 1.64. The average molecular weight is 187 g/mol. The molecule has 0 saturated heterocycles. The first kappa shape index (κ1) is 8.10. The van der Waals surface area contributed by atoms with Crippen LogP contribution in [0.5, 0.6) is 0 Å². The van der Waals surface area contributed by atoms with Gasteiger partial charge in [0.25, 0.3) is 0 Å². The molecule has 2 aromatic rings. The second kappa shape index (κ2) is 2.48. The lowest BCUT2D eigenvalue weighted by Crippen LogP contribution is -2.02. The Morgan fingerprint density at radius 3 is 2.54 bits per heavy atom. The molecule has 0 unspecified atom stereocenters. The molecule has 1 aromatic carbocycles. The van der Waals surface area contributed by atoms with E-state index < -0.39 is 11.9 Å². The van der Waals surface area contributed by atoms with E-state index in [4.69, 9.17) is 0 Å². The van der Waals surface area contributed by atoms with E-state index in [1.54, 1.807) is 6.07 Å². The molecule has 0 atom stereocenters. The van der Waals surface area contributed by atoms with E-state index in [0.717, 1.165) is 0 Å². The van der Waals surface area contributed by atoms with Crippen LogP contribution in [0.25, 0.3) is 10.9 Å². The highest BCUT2D eigenvalue weighted by Crippen LogP contribution is 2.34. The summed E-state index contributed by atoms with van der Waals surface area (Å²) in [6.07, 6.45) is -4.48. The summed E-state index contributed by atoms with van der Waals surface area (Å²) in [4.78, 5) is 0. The van der Waals surface area contributed by atoms with Gasteiger partial charge in [-0.1, -0.05) is 17.3 Å². The number of alkyl halides is 3. The maximum absolute atomic E-state index is 12.2. The fourth-order valence-electron chi connectivity index (χ4n) is 1.09. The molecule has 0 aliphatic carbocycles. The van der Waals surface area contributed by atoms with Gasteiger partial charge in [-0.05, 0) is 12.1 Å². The van der Waals surface area contributed by atoms with Crippen LogP contribution in [0.3, 0.4) is 0 Å². The van der Waals surface area contributed by atoms with E-state index in [1.807, 2.05) is 0 Å². The van der Waals surface area contributed by atoms with Gasteiger partial charge in [-0.15, -0.1) is 0 Å². The first-order chi connectivity index (χ1) is 6.09. The Hall–Kier alpha value is -1.52. The van der Waals surface area contributed by atoms with E-state index in [1.165, 1.54) is 18.2 Å². The molecular weight excluding hydrogens is 183 g/mol. The van der Waals surface area contributed by atoms with Crippen molar-refractivity contribution >= 4 is 10.9 Å². The molecule has 5 heteroatoms. The summed E-state index contributed by atoms with van der Waals surface area (Å²) in [6.45, 7) is 0. The van der Waals surface area contributed by atoms with Crippen LogP contribution in [0, 0.1) is 0 Å². The molecule has 0 radical (unpaired) electrons. The molecule has 1 aromatic heterocycles. The zero-order chi connectivity index (χ0) is 9.47. The van der Waals surface area contributed by atoms with Crippen LogP contribution in [-0.4, -0.2) is 5.16 Å². The van der Waals surface area contributed by atoms with Crippen LogP contribution in [0.15, 0.2) is 28.8 Å². The SMILES string of the molecule is FC(F)(F)c1onc2ccccc12. The molecule has 68 valence electrons. The van der Waals surface area contributed by atoms with Crippen molar-refractivity contribution in [3.63, 3.8) is 0 Å². The summed E-state index contributed by atoms with van der Waals surface area (Å²) in [6, 6.07) is 5.91. The number of hydrogen-bond acceptors (Lipinski definition) is 2. The number of benzene rings is 1. The van der Waals surface area contributed by atoms with Gasteiger partial charge >= 0.3 is 6.18 Å². The first-order valence-corrected chi connectivity index (χ1v) is 3.50. The van der Waals surface area contributed by atoms with Crippen LogP contribution in [-0.2, 0) is 6.18 Å². The number of halogens is 3. The Labute approximate surface area is 70.9 Å². The largest absolute Gasteiger partial charge is 0.453 e. The lowest BCUT2D eigenvalue weighted by Gasteiger charge is -1.99. The van der Waals surface area contributed by atoms with Crippen molar-refractivity contribution in [1.29, 1.82) is 0 Å². The lowest BCUT2D eigenvalue weighted by atomic mass is 10.2. The van der Waals surface area contributed by atoms with Gasteiger partial charge in [-0.2, -0.15) is 13.2 Å². The Morgan fingerprint density at radius 1 is 1.15 bits per heavy atom. The van der Waals surface area contributed by atoms with Gasteiger partial charge < -0.3 is 4.52 Å². The highest BCUT2D eigenvalue weighted by atomic mass is 19.4. The Balaban J connectivity index is 2.72. The summed E-state index contributed by atoms with van der Waals surface area (Å²) in [5.41, 5.74) is 0.217. The van der Waals surface area contributed by atoms with Crippen molar-refractivity contribution in [3.05, 3.63) is 30.0 Å². The number of fused-ring (bicyclic) bond motifs is 1. The molecule has 0 saturated carbocycles. The van der Waals surface area contributed by atoms with Crippen molar-refractivity contribution in [2.24, 2.45) is 0 Å². The van der Waals surface area contributed by atoms with Gasteiger partial charge in [-0.3, -0.25) is 0 Å². The molecule has 0 aliphatic heterocycles. The second-order valence-electron chi connectivity index (χ2n) is 2.53. The highest BCUT2D eigenvalue weighted by Gasteiger charge is 2.37. The van der Waals surface area contributed by atoms with Crippen molar-refractivity contribution < 1.29 is 17.7 Å². The van der Waals surface area contributed by atoms with Crippen LogP contribution in [0.4, 0.5) is 13.2 Å². The van der Waals surface area contributed by atoms with Gasteiger partial charge in [0.2, 0.25) is 5.76 Å². The first-order valence-electron chi connectivity index (χ1n) is 3.50. The standard InChI is InChI=1S/C8H4F3NO/c9-8(10,11)7-5-3-1-2-4-6(5)12-13-7/h1-4H. The number of nitrogens with zero attached hydrogens (tertiary/aromatic N) is 1. The molecule has 1 heterocycles. The molecule has 2 nitrogen and oxygen atoms in total. The molecule has 0 fully saturated rings. The Kier molecular flexibility index (Phi) is 1.55. The minimum atomic E-state index is -4.48. The quantitative estimate of drug-likeness (QED) is 0.633. The summed E-state index contributed by atoms with van der Waals surface area (Å²) in [5, 5.41) is 3.29. The van der Waals surface area contributed by atoms with Gasteiger partial charge in [-0.25, -0.2) is 0 Å². The van der Waals surface area contributed by atoms with Crippen LogP contribution in [0.2, 0.25) is 0 Å².